The average molecular weight is 382 g/mol. The van der Waals surface area contributed by atoms with Crippen molar-refractivity contribution in [1.29, 1.82) is 0 Å². The lowest BCUT2D eigenvalue weighted by molar-refractivity contribution is -0.123. The molecule has 2 heterocycles. The first-order valence-corrected chi connectivity index (χ1v) is 9.57. The Labute approximate surface area is 169 Å². The van der Waals surface area contributed by atoms with Crippen molar-refractivity contribution in [3.05, 3.63) is 108 Å². The van der Waals surface area contributed by atoms with Gasteiger partial charge in [-0.3, -0.25) is 20.1 Å². The van der Waals surface area contributed by atoms with E-state index in [4.69, 9.17) is 0 Å². The van der Waals surface area contributed by atoms with Crippen molar-refractivity contribution in [1.82, 2.24) is 20.6 Å². The van der Waals surface area contributed by atoms with Gasteiger partial charge >= 0.3 is 0 Å². The smallest absolute Gasteiger partial charge is 0.242 e. The first kappa shape index (κ1) is 18.8. The molecule has 0 radical (unpaired) electrons. The highest BCUT2D eigenvalue weighted by atomic mass is 16.2. The predicted octanol–water partition coefficient (Wildman–Crippen LogP) is 3.78. The van der Waals surface area contributed by atoms with Crippen LogP contribution in [0.4, 0.5) is 0 Å². The summed E-state index contributed by atoms with van der Waals surface area (Å²) in [4.78, 5) is 21.3. The third-order valence-corrected chi connectivity index (χ3v) is 4.79. The van der Waals surface area contributed by atoms with Crippen molar-refractivity contribution in [3.8, 4) is 0 Å². The number of hydrogen-bond acceptors (Lipinski definition) is 4. The molecule has 2 N–H and O–H groups in total. The van der Waals surface area contributed by atoms with E-state index in [1.165, 1.54) is 0 Å². The fourth-order valence-corrected chi connectivity index (χ4v) is 3.27. The minimum absolute atomic E-state index is 0.0759. The van der Waals surface area contributed by atoms with E-state index in [1.807, 2.05) is 42.5 Å². The molecule has 2 aromatic heterocycles. The summed E-state index contributed by atoms with van der Waals surface area (Å²) in [5, 5.41) is 8.67. The van der Waals surface area contributed by atoms with E-state index < -0.39 is 6.04 Å². The topological polar surface area (TPSA) is 66.9 Å². The Hall–Kier alpha value is -3.57. The summed E-state index contributed by atoms with van der Waals surface area (Å²) < 4.78 is 0. The molecular formula is C24H22N4O. The van der Waals surface area contributed by atoms with Crippen LogP contribution in [-0.2, 0) is 17.9 Å². The second kappa shape index (κ2) is 9.08. The standard InChI is InChI=1S/C24H22N4O/c29-24(28-17-19-6-4-12-26-15-19)23(27-16-18-5-3-11-25-14-18)22-10-9-20-7-1-2-8-21(20)13-22/h1-15,23,27H,16-17H2,(H,28,29). The minimum atomic E-state index is -0.475. The van der Waals surface area contributed by atoms with Crippen LogP contribution in [0.1, 0.15) is 22.7 Å². The average Bonchev–Trinajstić information content (AvgIpc) is 2.79. The molecular weight excluding hydrogens is 360 g/mol. The summed E-state index contributed by atoms with van der Waals surface area (Å²) >= 11 is 0. The van der Waals surface area contributed by atoms with E-state index >= 15 is 0 Å². The lowest BCUT2D eigenvalue weighted by Crippen LogP contribution is -2.37. The van der Waals surface area contributed by atoms with Gasteiger partial charge in [0, 0.05) is 37.9 Å². The summed E-state index contributed by atoms with van der Waals surface area (Å²) in [5.41, 5.74) is 2.92. The van der Waals surface area contributed by atoms with E-state index in [-0.39, 0.29) is 5.91 Å². The number of pyridine rings is 2. The molecule has 5 nitrogen and oxygen atoms in total. The monoisotopic (exact) mass is 382 g/mol. The van der Waals surface area contributed by atoms with Gasteiger partial charge in [0.05, 0.1) is 0 Å². The van der Waals surface area contributed by atoms with E-state index in [0.717, 1.165) is 27.5 Å². The summed E-state index contributed by atoms with van der Waals surface area (Å²) in [6.45, 7) is 0.983. The van der Waals surface area contributed by atoms with Gasteiger partial charge in [-0.15, -0.1) is 0 Å². The van der Waals surface area contributed by atoms with Crippen LogP contribution >= 0.6 is 0 Å². The van der Waals surface area contributed by atoms with Crippen LogP contribution in [0, 0.1) is 0 Å². The molecule has 0 bridgehead atoms. The molecule has 0 aliphatic heterocycles. The lowest BCUT2D eigenvalue weighted by atomic mass is 10.0. The van der Waals surface area contributed by atoms with Crippen molar-refractivity contribution in [2.45, 2.75) is 19.1 Å². The van der Waals surface area contributed by atoms with E-state index in [2.05, 4.69) is 44.9 Å². The zero-order valence-corrected chi connectivity index (χ0v) is 16.0. The fraction of sp³-hybridized carbons (Fsp3) is 0.125. The molecule has 0 saturated heterocycles. The molecule has 4 aromatic rings. The molecule has 5 heteroatoms. The number of hydrogen-bond donors (Lipinski definition) is 2. The molecule has 29 heavy (non-hydrogen) atoms. The van der Waals surface area contributed by atoms with Gasteiger partial charge in [-0.1, -0.05) is 48.5 Å². The molecule has 0 fully saturated rings. The number of nitrogens with zero attached hydrogens (tertiary/aromatic N) is 2. The number of fused-ring (bicyclic) bond motifs is 1. The highest BCUT2D eigenvalue weighted by molar-refractivity contribution is 5.87. The maximum absolute atomic E-state index is 13.1. The maximum Gasteiger partial charge on any atom is 0.242 e. The Kier molecular flexibility index (Phi) is 5.88. The predicted molar refractivity (Wildman–Crippen MR) is 114 cm³/mol. The maximum atomic E-state index is 13.1. The van der Waals surface area contributed by atoms with Gasteiger partial charge in [0.2, 0.25) is 5.91 Å². The Balaban J connectivity index is 1.55. The van der Waals surface area contributed by atoms with Crippen LogP contribution in [0.3, 0.4) is 0 Å². The van der Waals surface area contributed by atoms with Crippen LogP contribution < -0.4 is 10.6 Å². The summed E-state index contributed by atoms with van der Waals surface area (Å²) in [6.07, 6.45) is 7.02. The van der Waals surface area contributed by atoms with Gasteiger partial charge in [-0.05, 0) is 45.7 Å². The molecule has 1 amide bonds. The second-order valence-corrected chi connectivity index (χ2v) is 6.86. The highest BCUT2D eigenvalue weighted by Gasteiger charge is 2.20. The summed E-state index contributed by atoms with van der Waals surface area (Å²) in [6, 6.07) is 21.5. The number of amides is 1. The molecule has 144 valence electrons. The minimum Gasteiger partial charge on any atom is -0.350 e. The lowest BCUT2D eigenvalue weighted by Gasteiger charge is -2.19. The molecule has 4 rings (SSSR count). The third kappa shape index (κ3) is 4.83. The van der Waals surface area contributed by atoms with Crippen LogP contribution in [0.5, 0.6) is 0 Å². The molecule has 0 spiro atoms. The molecule has 1 unspecified atom stereocenters. The summed E-state index contributed by atoms with van der Waals surface area (Å²) in [7, 11) is 0. The number of nitrogens with one attached hydrogen (secondary N) is 2. The number of carbonyl (C=O) groups is 1. The van der Waals surface area contributed by atoms with Gasteiger partial charge in [0.15, 0.2) is 0 Å². The normalized spacial score (nSPS) is 11.9. The Morgan fingerprint density at radius 2 is 1.48 bits per heavy atom. The van der Waals surface area contributed by atoms with Crippen molar-refractivity contribution >= 4 is 16.7 Å². The number of aromatic nitrogens is 2. The van der Waals surface area contributed by atoms with Crippen molar-refractivity contribution in [2.75, 3.05) is 0 Å². The zero-order valence-electron chi connectivity index (χ0n) is 16.0. The second-order valence-electron chi connectivity index (χ2n) is 6.86. The van der Waals surface area contributed by atoms with Crippen LogP contribution in [-0.4, -0.2) is 15.9 Å². The van der Waals surface area contributed by atoms with Gasteiger partial charge in [0.25, 0.3) is 0 Å². The third-order valence-electron chi connectivity index (χ3n) is 4.79. The number of carbonyl (C=O) groups excluding carboxylic acids is 1. The van der Waals surface area contributed by atoms with E-state index in [1.54, 1.807) is 24.8 Å². The van der Waals surface area contributed by atoms with Crippen molar-refractivity contribution in [2.24, 2.45) is 0 Å². The summed E-state index contributed by atoms with van der Waals surface area (Å²) in [5.74, 6) is -0.0759. The first-order valence-electron chi connectivity index (χ1n) is 9.57. The largest absolute Gasteiger partial charge is 0.350 e. The number of benzene rings is 2. The van der Waals surface area contributed by atoms with Gasteiger partial charge in [-0.25, -0.2) is 0 Å². The molecule has 0 saturated carbocycles. The fourth-order valence-electron chi connectivity index (χ4n) is 3.27. The van der Waals surface area contributed by atoms with Crippen molar-refractivity contribution < 1.29 is 4.79 Å². The van der Waals surface area contributed by atoms with E-state index in [0.29, 0.717) is 13.1 Å². The van der Waals surface area contributed by atoms with Gasteiger partial charge < -0.3 is 5.32 Å². The quantitative estimate of drug-likeness (QED) is 0.511. The van der Waals surface area contributed by atoms with Crippen LogP contribution in [0.25, 0.3) is 10.8 Å². The molecule has 2 aromatic carbocycles. The van der Waals surface area contributed by atoms with Gasteiger partial charge in [0.1, 0.15) is 6.04 Å². The zero-order chi connectivity index (χ0) is 19.9. The van der Waals surface area contributed by atoms with Crippen molar-refractivity contribution in [3.63, 3.8) is 0 Å². The van der Waals surface area contributed by atoms with E-state index in [9.17, 15) is 4.79 Å². The van der Waals surface area contributed by atoms with Gasteiger partial charge in [-0.2, -0.15) is 0 Å². The highest BCUT2D eigenvalue weighted by Crippen LogP contribution is 2.21. The van der Waals surface area contributed by atoms with Crippen LogP contribution in [0.15, 0.2) is 91.5 Å². The Morgan fingerprint density at radius 1 is 0.793 bits per heavy atom. The number of rotatable bonds is 7. The Bertz CT molecular complexity index is 1080. The molecule has 0 aliphatic rings. The molecule has 1 atom stereocenters. The van der Waals surface area contributed by atoms with Crippen LogP contribution in [0.2, 0.25) is 0 Å². The SMILES string of the molecule is O=C(NCc1cccnc1)C(NCc1cccnc1)c1ccc2ccccc2c1. The molecule has 0 aliphatic carbocycles. The first-order chi connectivity index (χ1) is 14.3. The Morgan fingerprint density at radius 3 is 2.17 bits per heavy atom.